The SMILES string of the molecule is [Cl-].[Cl-].[Cl-].[Zr].[Zr].[Zr].p1pp[pH]p1.p1pp[pH]p1.p1pp[pH]p1. The maximum Gasteiger partial charge on any atom is 0 e. The van der Waals surface area contributed by atoms with Gasteiger partial charge in [0.15, 0.2) is 0 Å². The second kappa shape index (κ2) is 38.6. The summed E-state index contributed by atoms with van der Waals surface area (Å²) in [6.07, 6.45) is 0. The fourth-order valence-electron chi connectivity index (χ4n) is 0.300. The monoisotopic (exact) mass is 842 g/mol. The molecule has 0 aliphatic carbocycles. The van der Waals surface area contributed by atoms with Gasteiger partial charge in [-0.1, -0.05) is 22.6 Å². The zero-order valence-electron chi connectivity index (χ0n) is 9.50. The summed E-state index contributed by atoms with van der Waals surface area (Å²) in [5.41, 5.74) is 0. The zero-order chi connectivity index (χ0) is 10.6. The Hall–Kier alpha value is 8.02. The van der Waals surface area contributed by atoms with Crippen molar-refractivity contribution in [3.63, 3.8) is 0 Å². The van der Waals surface area contributed by atoms with Crippen molar-refractivity contribution in [3.05, 3.63) is 0 Å². The molecular formula is H3Cl3P15Zr3-3. The molecule has 21 heteroatoms. The Morgan fingerprint density at radius 2 is 0.476 bits per heavy atom. The summed E-state index contributed by atoms with van der Waals surface area (Å²) in [4.78, 5) is 0. The van der Waals surface area contributed by atoms with Crippen LogP contribution in [0.15, 0.2) is 0 Å². The summed E-state index contributed by atoms with van der Waals surface area (Å²) in [6, 6.07) is 0. The van der Waals surface area contributed by atoms with Gasteiger partial charge in [0.2, 0.25) is 0 Å². The van der Waals surface area contributed by atoms with Crippen molar-refractivity contribution >= 4 is 113 Å². The van der Waals surface area contributed by atoms with Gasteiger partial charge in [0.05, 0.1) is 0 Å². The molecule has 0 bridgehead atoms. The molecule has 0 saturated heterocycles. The van der Waals surface area contributed by atoms with E-state index in [1.54, 1.807) is 90.6 Å². The third-order valence-corrected chi connectivity index (χ3v) is 53.2. The van der Waals surface area contributed by atoms with Crippen molar-refractivity contribution in [2.45, 2.75) is 0 Å². The van der Waals surface area contributed by atoms with E-state index in [-0.39, 0.29) is 116 Å². The van der Waals surface area contributed by atoms with Gasteiger partial charge >= 0.3 is 0 Å². The van der Waals surface area contributed by atoms with Crippen LogP contribution >= 0.6 is 113 Å². The van der Waals surface area contributed by atoms with Gasteiger partial charge in [-0.3, -0.25) is 0 Å². The van der Waals surface area contributed by atoms with Crippen LogP contribution in [0.5, 0.6) is 0 Å². The molecule has 3 aromatic rings. The summed E-state index contributed by atoms with van der Waals surface area (Å²) in [7, 11) is 23.5. The van der Waals surface area contributed by atoms with Gasteiger partial charge in [-0.05, 0) is 90.6 Å². The smallest absolute Gasteiger partial charge is 0 e. The van der Waals surface area contributed by atoms with E-state index in [2.05, 4.69) is 0 Å². The van der Waals surface area contributed by atoms with Crippen LogP contribution in [0.4, 0.5) is 0 Å². The first-order chi connectivity index (χ1) is 7.50. The van der Waals surface area contributed by atoms with Gasteiger partial charge in [0.25, 0.3) is 0 Å². The average molecular weight is 848 g/mol. The van der Waals surface area contributed by atoms with Crippen LogP contribution in [-0.4, -0.2) is 0 Å². The molecule has 0 fully saturated rings. The molecule has 0 aromatic carbocycles. The molecule has 0 N–H and O–H groups in total. The molecule has 3 aromatic heterocycles. The minimum atomic E-state index is 0. The van der Waals surface area contributed by atoms with E-state index in [4.69, 9.17) is 0 Å². The maximum absolute atomic E-state index is 1.67. The van der Waals surface area contributed by atoms with Gasteiger partial charge in [0, 0.05) is 78.6 Å². The first-order valence-electron chi connectivity index (χ1n) is 3.14. The minimum absolute atomic E-state index is 0. The fraction of sp³-hybridized carbons (Fsp3) is 0. The molecule has 0 amide bonds. The molecule has 0 unspecified atom stereocenters. The van der Waals surface area contributed by atoms with Crippen LogP contribution in [0.2, 0.25) is 0 Å². The third-order valence-electron chi connectivity index (χ3n) is 0.657. The Labute approximate surface area is 225 Å². The molecule has 0 radical (unpaired) electrons. The fourth-order valence-corrected chi connectivity index (χ4v) is 72.9. The normalized spacial score (nSPS) is 11.4. The van der Waals surface area contributed by atoms with Crippen molar-refractivity contribution < 1.29 is 116 Å². The molecule has 0 aliphatic rings. The van der Waals surface area contributed by atoms with E-state index in [0.29, 0.717) is 0 Å². The van der Waals surface area contributed by atoms with E-state index in [9.17, 15) is 0 Å². The number of halogens is 3. The number of hydrogen-bond acceptors (Lipinski definition) is 0. The third kappa shape index (κ3) is 35.8. The second-order valence-electron chi connectivity index (χ2n) is 1.44. The molecule has 3 heterocycles. The summed E-state index contributed by atoms with van der Waals surface area (Å²) in [6.45, 7) is 0. The number of hydrogen-bond donors (Lipinski definition) is 0. The Morgan fingerprint density at radius 1 is 0.333 bits per heavy atom. The molecular weight excluding hydrogens is 845 g/mol. The van der Waals surface area contributed by atoms with E-state index >= 15 is 0 Å². The van der Waals surface area contributed by atoms with E-state index in [1.165, 1.54) is 22.6 Å². The van der Waals surface area contributed by atoms with Crippen molar-refractivity contribution in [1.29, 1.82) is 0 Å². The van der Waals surface area contributed by atoms with Crippen LogP contribution in [-0.2, 0) is 78.6 Å². The Bertz CT molecular complexity index is 256. The van der Waals surface area contributed by atoms with Gasteiger partial charge < -0.3 is 37.2 Å². The summed E-state index contributed by atoms with van der Waals surface area (Å²) in [5.74, 6) is 0. The molecule has 0 atom stereocenters. The molecule has 0 saturated carbocycles. The largest absolute Gasteiger partial charge is 1.00 e. The van der Waals surface area contributed by atoms with Gasteiger partial charge in [-0.15, -0.1) is 0 Å². The van der Waals surface area contributed by atoms with E-state index in [0.717, 1.165) is 0 Å². The molecule has 3 rings (SSSR count). The van der Waals surface area contributed by atoms with Crippen molar-refractivity contribution in [1.82, 2.24) is 0 Å². The number of rotatable bonds is 0. The van der Waals surface area contributed by atoms with Crippen LogP contribution < -0.4 is 37.2 Å². The molecule has 0 spiro atoms. The molecule has 21 heavy (non-hydrogen) atoms. The Balaban J connectivity index is -0.0000000352. The standard InChI is InChI=1S/3ClH.3HP5.3Zr/c;;;3*1-2-4-5-3-1;;;/h3*1H;3*1H;;;/p-3. The van der Waals surface area contributed by atoms with E-state index < -0.39 is 0 Å². The van der Waals surface area contributed by atoms with Crippen LogP contribution in [0, 0.1) is 0 Å². The van der Waals surface area contributed by atoms with Crippen molar-refractivity contribution in [2.75, 3.05) is 0 Å². The molecule has 114 valence electrons. The van der Waals surface area contributed by atoms with Crippen LogP contribution in [0.1, 0.15) is 0 Å². The Kier molecular flexibility index (Phi) is 79.0. The van der Waals surface area contributed by atoms with Crippen molar-refractivity contribution in [3.8, 4) is 0 Å². The Morgan fingerprint density at radius 3 is 0.524 bits per heavy atom. The summed E-state index contributed by atoms with van der Waals surface area (Å²) < 4.78 is 0. The predicted octanol–water partition coefficient (Wildman–Crippen LogP) is 3.12. The van der Waals surface area contributed by atoms with Crippen LogP contribution in [0.3, 0.4) is 0 Å². The first kappa shape index (κ1) is 43.0. The van der Waals surface area contributed by atoms with E-state index in [1.807, 2.05) is 0 Å². The van der Waals surface area contributed by atoms with Crippen molar-refractivity contribution in [2.24, 2.45) is 0 Å². The quantitative estimate of drug-likeness (QED) is 0.327. The maximum atomic E-state index is 1.67. The van der Waals surface area contributed by atoms with Gasteiger partial charge in [0.1, 0.15) is 0 Å². The average Bonchev–Trinajstić information content (AvgIpc) is 3.09. The topological polar surface area (TPSA) is 0 Å². The van der Waals surface area contributed by atoms with Gasteiger partial charge in [-0.25, -0.2) is 0 Å². The first-order valence-corrected chi connectivity index (χ1v) is 28.3. The van der Waals surface area contributed by atoms with Gasteiger partial charge in [-0.2, -0.15) is 0 Å². The second-order valence-corrected chi connectivity index (χ2v) is 38.8. The summed E-state index contributed by atoms with van der Waals surface area (Å²) >= 11 is 0. The summed E-state index contributed by atoms with van der Waals surface area (Å²) in [5, 5.41) is 0. The zero-order valence-corrected chi connectivity index (χ0v) is 32.9. The van der Waals surface area contributed by atoms with Crippen LogP contribution in [0.25, 0.3) is 0 Å². The minimum Gasteiger partial charge on any atom is -1.00 e. The predicted molar refractivity (Wildman–Crippen MR) is 108 cm³/mol. The molecule has 0 nitrogen and oxygen atoms in total. The molecule has 0 aliphatic heterocycles.